The number of fused-ring (bicyclic) bond motifs is 1. The lowest BCUT2D eigenvalue weighted by Gasteiger charge is -2.15. The molecule has 0 saturated heterocycles. The van der Waals surface area contributed by atoms with E-state index in [9.17, 15) is 0 Å². The van der Waals surface area contributed by atoms with Crippen molar-refractivity contribution in [3.63, 3.8) is 0 Å². The zero-order valence-corrected chi connectivity index (χ0v) is 17.5. The van der Waals surface area contributed by atoms with Gasteiger partial charge in [-0.05, 0) is 30.5 Å². The first-order chi connectivity index (χ1) is 12.9. The van der Waals surface area contributed by atoms with Crippen LogP contribution in [-0.2, 0) is 15.9 Å². The van der Waals surface area contributed by atoms with E-state index in [-0.39, 0.29) is 0 Å². The van der Waals surface area contributed by atoms with Crippen LogP contribution in [0.1, 0.15) is 25.3 Å². The molecule has 0 saturated carbocycles. The molecule has 0 fully saturated rings. The zero-order chi connectivity index (χ0) is 18.3. The van der Waals surface area contributed by atoms with Gasteiger partial charge in [0, 0.05) is 23.0 Å². The van der Waals surface area contributed by atoms with Crippen LogP contribution in [0, 0.1) is 0 Å². The van der Waals surface area contributed by atoms with Crippen LogP contribution in [0.2, 0.25) is 0 Å². The summed E-state index contributed by atoms with van der Waals surface area (Å²) in [5.74, 6) is 5.61. The molecule has 1 aromatic rings. The molecular weight excluding hydrogens is 368 g/mol. The highest BCUT2D eigenvalue weighted by atomic mass is 32.2. The van der Waals surface area contributed by atoms with E-state index in [1.54, 1.807) is 0 Å². The number of unbranched alkanes of at least 4 members (excludes halogenated alkanes) is 1. The van der Waals surface area contributed by atoms with Gasteiger partial charge in [-0.25, -0.2) is 0 Å². The fourth-order valence-corrected chi connectivity index (χ4v) is 3.79. The summed E-state index contributed by atoms with van der Waals surface area (Å²) in [6.07, 6.45) is 3.50. The summed E-state index contributed by atoms with van der Waals surface area (Å²) >= 11 is 3.70. The zero-order valence-electron chi connectivity index (χ0n) is 15.9. The highest BCUT2D eigenvalue weighted by Gasteiger charge is 2.08. The minimum absolute atomic E-state index is 0.679. The lowest BCUT2D eigenvalue weighted by Crippen LogP contribution is -2.10. The molecule has 0 amide bonds. The van der Waals surface area contributed by atoms with E-state index >= 15 is 0 Å². The summed E-state index contributed by atoms with van der Waals surface area (Å²) in [4.78, 5) is 0. The number of hydrogen-bond donors (Lipinski definition) is 0. The summed E-state index contributed by atoms with van der Waals surface area (Å²) in [6.45, 7) is 6.49. The van der Waals surface area contributed by atoms with Gasteiger partial charge < -0.3 is 18.9 Å². The molecule has 0 aromatic heterocycles. The summed E-state index contributed by atoms with van der Waals surface area (Å²) in [5, 5.41) is 0. The Morgan fingerprint density at radius 1 is 0.769 bits per heavy atom. The molecule has 4 nitrogen and oxygen atoms in total. The SMILES string of the molecule is CCCCc1ccc2c(c1)OCCSCCOCCOCCSCCO2. The monoisotopic (exact) mass is 400 g/mol. The van der Waals surface area contributed by atoms with Gasteiger partial charge in [-0.3, -0.25) is 0 Å². The molecule has 1 aliphatic rings. The molecule has 0 unspecified atom stereocenters. The van der Waals surface area contributed by atoms with E-state index in [1.807, 2.05) is 23.5 Å². The van der Waals surface area contributed by atoms with Gasteiger partial charge in [-0.15, -0.1) is 0 Å². The van der Waals surface area contributed by atoms with Gasteiger partial charge in [-0.1, -0.05) is 19.4 Å². The van der Waals surface area contributed by atoms with E-state index in [2.05, 4.69) is 25.1 Å². The van der Waals surface area contributed by atoms with Crippen molar-refractivity contribution in [2.24, 2.45) is 0 Å². The van der Waals surface area contributed by atoms with Crippen LogP contribution in [-0.4, -0.2) is 62.7 Å². The molecule has 148 valence electrons. The Morgan fingerprint density at radius 2 is 1.38 bits per heavy atom. The van der Waals surface area contributed by atoms with Gasteiger partial charge in [0.2, 0.25) is 0 Å². The first-order valence-corrected chi connectivity index (χ1v) is 11.9. The third-order valence-electron chi connectivity index (χ3n) is 3.91. The standard InChI is InChI=1S/C20H32O4S2/c1-2-3-4-18-5-6-19-20(17-18)24-12-16-26-14-10-22-8-7-21-9-13-25-15-11-23-19/h5-6,17H,2-4,7-16H2,1H3. The van der Waals surface area contributed by atoms with Crippen LogP contribution in [0.25, 0.3) is 0 Å². The number of hydrogen-bond acceptors (Lipinski definition) is 6. The van der Waals surface area contributed by atoms with Crippen molar-refractivity contribution in [1.82, 2.24) is 0 Å². The Kier molecular flexibility index (Phi) is 12.1. The second-order valence-electron chi connectivity index (χ2n) is 6.03. The molecule has 0 bridgehead atoms. The van der Waals surface area contributed by atoms with Crippen molar-refractivity contribution in [2.45, 2.75) is 26.2 Å². The van der Waals surface area contributed by atoms with Gasteiger partial charge in [0.1, 0.15) is 0 Å². The second-order valence-corrected chi connectivity index (χ2v) is 8.48. The van der Waals surface area contributed by atoms with Gasteiger partial charge in [0.05, 0.1) is 39.6 Å². The number of aryl methyl sites for hydroxylation is 1. The van der Waals surface area contributed by atoms with Crippen molar-refractivity contribution in [3.8, 4) is 11.5 Å². The average Bonchev–Trinajstić information content (AvgIpc) is 2.66. The lowest BCUT2D eigenvalue weighted by molar-refractivity contribution is 0.0605. The molecule has 0 atom stereocenters. The van der Waals surface area contributed by atoms with Crippen LogP contribution in [0.15, 0.2) is 18.2 Å². The Labute approximate surface area is 166 Å². The maximum Gasteiger partial charge on any atom is 0.161 e. The third-order valence-corrected chi connectivity index (χ3v) is 5.73. The summed E-state index contributed by atoms with van der Waals surface area (Å²) < 4.78 is 23.2. The maximum atomic E-state index is 6.04. The minimum atomic E-state index is 0.679. The van der Waals surface area contributed by atoms with E-state index in [4.69, 9.17) is 18.9 Å². The molecule has 26 heavy (non-hydrogen) atoms. The summed E-state index contributed by atoms with van der Waals surface area (Å²) in [6, 6.07) is 6.38. The Bertz CT molecular complexity index is 485. The first-order valence-electron chi connectivity index (χ1n) is 9.59. The van der Waals surface area contributed by atoms with E-state index < -0.39 is 0 Å². The Hall–Kier alpha value is -0.560. The minimum Gasteiger partial charge on any atom is -0.489 e. The van der Waals surface area contributed by atoms with Gasteiger partial charge in [-0.2, -0.15) is 23.5 Å². The summed E-state index contributed by atoms with van der Waals surface area (Å²) in [5.41, 5.74) is 1.32. The Morgan fingerprint density at radius 3 is 2.04 bits per heavy atom. The van der Waals surface area contributed by atoms with Crippen LogP contribution < -0.4 is 9.47 Å². The number of rotatable bonds is 3. The molecule has 0 N–H and O–H groups in total. The predicted molar refractivity (Wildman–Crippen MR) is 112 cm³/mol. The average molecular weight is 401 g/mol. The van der Waals surface area contributed by atoms with E-state index in [1.165, 1.54) is 18.4 Å². The van der Waals surface area contributed by atoms with E-state index in [0.717, 1.165) is 54.1 Å². The number of benzene rings is 1. The lowest BCUT2D eigenvalue weighted by atomic mass is 10.1. The van der Waals surface area contributed by atoms with Crippen molar-refractivity contribution >= 4 is 23.5 Å². The van der Waals surface area contributed by atoms with Crippen molar-refractivity contribution in [2.75, 3.05) is 62.7 Å². The fourth-order valence-electron chi connectivity index (χ4n) is 2.50. The van der Waals surface area contributed by atoms with Crippen LogP contribution >= 0.6 is 23.5 Å². The van der Waals surface area contributed by atoms with Crippen molar-refractivity contribution in [3.05, 3.63) is 23.8 Å². The summed E-state index contributed by atoms with van der Waals surface area (Å²) in [7, 11) is 0. The predicted octanol–water partition coefficient (Wildman–Crippen LogP) is 4.30. The fraction of sp³-hybridized carbons (Fsp3) is 0.700. The highest BCUT2D eigenvalue weighted by Crippen LogP contribution is 2.29. The quantitative estimate of drug-likeness (QED) is 0.753. The van der Waals surface area contributed by atoms with Gasteiger partial charge in [0.15, 0.2) is 11.5 Å². The second kappa shape index (κ2) is 14.5. The normalized spacial score (nSPS) is 18.7. The van der Waals surface area contributed by atoms with Gasteiger partial charge >= 0.3 is 0 Å². The molecule has 0 aliphatic carbocycles. The molecular formula is C20H32O4S2. The van der Waals surface area contributed by atoms with Crippen LogP contribution in [0.3, 0.4) is 0 Å². The topological polar surface area (TPSA) is 36.9 Å². The van der Waals surface area contributed by atoms with Crippen molar-refractivity contribution < 1.29 is 18.9 Å². The van der Waals surface area contributed by atoms with Gasteiger partial charge in [0.25, 0.3) is 0 Å². The number of ether oxygens (including phenoxy) is 4. The molecule has 0 radical (unpaired) electrons. The molecule has 1 aromatic carbocycles. The molecule has 0 spiro atoms. The smallest absolute Gasteiger partial charge is 0.161 e. The highest BCUT2D eigenvalue weighted by molar-refractivity contribution is 7.99. The third kappa shape index (κ3) is 9.40. The molecule has 6 heteroatoms. The first kappa shape index (κ1) is 21.7. The van der Waals surface area contributed by atoms with Crippen LogP contribution in [0.5, 0.6) is 11.5 Å². The largest absolute Gasteiger partial charge is 0.489 e. The maximum absolute atomic E-state index is 6.04. The van der Waals surface area contributed by atoms with Crippen LogP contribution in [0.4, 0.5) is 0 Å². The molecule has 2 rings (SSSR count). The Balaban J connectivity index is 1.90. The molecule has 1 aliphatic heterocycles. The number of thioether (sulfide) groups is 2. The molecule has 1 heterocycles. The van der Waals surface area contributed by atoms with E-state index in [0.29, 0.717) is 26.4 Å². The van der Waals surface area contributed by atoms with Crippen molar-refractivity contribution in [1.29, 1.82) is 0 Å².